The third-order valence-electron chi connectivity index (χ3n) is 3.44. The summed E-state index contributed by atoms with van der Waals surface area (Å²) in [6.07, 6.45) is 1.79. The molecule has 0 unspecified atom stereocenters. The number of amides is 1. The molecule has 0 bridgehead atoms. The fraction of sp³-hybridized carbons (Fsp3) is 0.500. The second-order valence-corrected chi connectivity index (χ2v) is 5.73. The maximum atomic E-state index is 12.3. The number of benzene rings is 1. The molecule has 2 N–H and O–H groups in total. The van der Waals surface area contributed by atoms with Crippen molar-refractivity contribution in [2.75, 3.05) is 25.5 Å². The summed E-state index contributed by atoms with van der Waals surface area (Å²) in [6, 6.07) is 3.84. The van der Waals surface area contributed by atoms with Gasteiger partial charge in [0.05, 0.1) is 12.8 Å². The van der Waals surface area contributed by atoms with Crippen molar-refractivity contribution in [3.05, 3.63) is 22.2 Å². The van der Waals surface area contributed by atoms with Gasteiger partial charge >= 0.3 is 0 Å². The van der Waals surface area contributed by atoms with E-state index in [2.05, 4.69) is 26.6 Å². The molecule has 1 fully saturated rings. The van der Waals surface area contributed by atoms with Crippen LogP contribution < -0.4 is 15.4 Å². The molecule has 1 aliphatic rings. The Bertz CT molecular complexity index is 471. The van der Waals surface area contributed by atoms with Crippen molar-refractivity contribution >= 4 is 27.5 Å². The molecule has 0 spiro atoms. The van der Waals surface area contributed by atoms with Gasteiger partial charge in [-0.05, 0) is 50.6 Å². The number of carbonyl (C=O) groups excluding carboxylic acids is 1. The number of nitrogens with one attached hydrogen (secondary N) is 2. The first-order valence-corrected chi connectivity index (χ1v) is 7.27. The Hall–Kier alpha value is -1.07. The molecule has 19 heavy (non-hydrogen) atoms. The van der Waals surface area contributed by atoms with E-state index >= 15 is 0 Å². The average molecular weight is 327 g/mol. The van der Waals surface area contributed by atoms with Crippen molar-refractivity contribution in [2.24, 2.45) is 5.92 Å². The molecule has 4 nitrogen and oxygen atoms in total. The Morgan fingerprint density at radius 2 is 2.11 bits per heavy atom. The maximum Gasteiger partial charge on any atom is 0.227 e. The molecular formula is C14H19BrN2O2. The van der Waals surface area contributed by atoms with Crippen LogP contribution in [0.3, 0.4) is 0 Å². The summed E-state index contributed by atoms with van der Waals surface area (Å²) in [5.74, 6) is 0.869. The lowest BCUT2D eigenvalue weighted by Crippen LogP contribution is -2.34. The van der Waals surface area contributed by atoms with Crippen LogP contribution in [0.25, 0.3) is 0 Å². The topological polar surface area (TPSA) is 50.4 Å². The normalized spacial score (nSPS) is 16.2. The molecule has 1 aromatic rings. The molecule has 5 heteroatoms. The van der Waals surface area contributed by atoms with Gasteiger partial charge in [-0.2, -0.15) is 0 Å². The minimum absolute atomic E-state index is 0.0882. The van der Waals surface area contributed by atoms with E-state index in [1.54, 1.807) is 7.11 Å². The molecular weight excluding hydrogens is 308 g/mol. The van der Waals surface area contributed by atoms with Crippen LogP contribution in [-0.2, 0) is 4.79 Å². The van der Waals surface area contributed by atoms with Gasteiger partial charge in [0.2, 0.25) is 5.91 Å². The van der Waals surface area contributed by atoms with Crippen molar-refractivity contribution in [3.63, 3.8) is 0 Å². The van der Waals surface area contributed by atoms with Crippen LogP contribution >= 0.6 is 15.9 Å². The Morgan fingerprint density at radius 3 is 2.74 bits per heavy atom. The van der Waals surface area contributed by atoms with Crippen LogP contribution in [0.15, 0.2) is 16.6 Å². The highest BCUT2D eigenvalue weighted by molar-refractivity contribution is 9.10. The molecule has 1 aromatic carbocycles. The Balaban J connectivity index is 2.15. The fourth-order valence-electron chi connectivity index (χ4n) is 2.34. The molecule has 2 rings (SSSR count). The average Bonchev–Trinajstić information content (AvgIpc) is 2.42. The number of ether oxygens (including phenoxy) is 1. The summed E-state index contributed by atoms with van der Waals surface area (Å²) in [5, 5.41) is 6.28. The molecule has 0 aliphatic carbocycles. The van der Waals surface area contributed by atoms with E-state index in [4.69, 9.17) is 4.74 Å². The van der Waals surface area contributed by atoms with E-state index in [-0.39, 0.29) is 11.8 Å². The number of carbonyl (C=O) groups is 1. The monoisotopic (exact) mass is 326 g/mol. The quantitative estimate of drug-likeness (QED) is 0.897. The third-order valence-corrected chi connectivity index (χ3v) is 3.90. The largest absolute Gasteiger partial charge is 0.495 e. The summed E-state index contributed by atoms with van der Waals surface area (Å²) in [4.78, 5) is 12.3. The van der Waals surface area contributed by atoms with Crippen LogP contribution in [0.2, 0.25) is 0 Å². The van der Waals surface area contributed by atoms with Crippen LogP contribution in [0, 0.1) is 12.8 Å². The molecule has 1 saturated heterocycles. The van der Waals surface area contributed by atoms with E-state index in [0.717, 1.165) is 41.7 Å². The van der Waals surface area contributed by atoms with Crippen molar-refractivity contribution < 1.29 is 9.53 Å². The molecule has 0 atom stereocenters. The van der Waals surface area contributed by atoms with Crippen LogP contribution in [0.5, 0.6) is 5.75 Å². The third kappa shape index (κ3) is 3.48. The molecule has 1 heterocycles. The maximum absolute atomic E-state index is 12.3. The fourth-order valence-corrected chi connectivity index (χ4v) is 2.89. The van der Waals surface area contributed by atoms with Crippen molar-refractivity contribution in [1.82, 2.24) is 5.32 Å². The zero-order chi connectivity index (χ0) is 13.8. The summed E-state index contributed by atoms with van der Waals surface area (Å²) >= 11 is 3.43. The number of methoxy groups -OCH3 is 1. The number of anilines is 1. The SMILES string of the molecule is COc1cc(Br)cc(C)c1NC(=O)C1CCNCC1. The highest BCUT2D eigenvalue weighted by atomic mass is 79.9. The number of rotatable bonds is 3. The van der Waals surface area contributed by atoms with E-state index in [9.17, 15) is 4.79 Å². The van der Waals surface area contributed by atoms with Gasteiger partial charge in [-0.1, -0.05) is 15.9 Å². The summed E-state index contributed by atoms with van der Waals surface area (Å²) in [7, 11) is 1.61. The molecule has 1 aliphatic heterocycles. The predicted molar refractivity (Wildman–Crippen MR) is 79.7 cm³/mol. The molecule has 1 amide bonds. The van der Waals surface area contributed by atoms with E-state index < -0.39 is 0 Å². The zero-order valence-electron chi connectivity index (χ0n) is 11.3. The van der Waals surface area contributed by atoms with Gasteiger partial charge in [-0.25, -0.2) is 0 Å². The Labute approximate surface area is 122 Å². The number of hydrogen-bond donors (Lipinski definition) is 2. The van der Waals surface area contributed by atoms with Gasteiger partial charge in [0.15, 0.2) is 0 Å². The van der Waals surface area contributed by atoms with Crippen molar-refractivity contribution in [3.8, 4) is 5.75 Å². The van der Waals surface area contributed by atoms with Crippen molar-refractivity contribution in [1.29, 1.82) is 0 Å². The number of piperidine rings is 1. The first kappa shape index (κ1) is 14.3. The van der Waals surface area contributed by atoms with Crippen LogP contribution in [0.1, 0.15) is 18.4 Å². The first-order chi connectivity index (χ1) is 9.11. The first-order valence-electron chi connectivity index (χ1n) is 6.47. The second-order valence-electron chi connectivity index (χ2n) is 4.81. The number of hydrogen-bond acceptors (Lipinski definition) is 3. The van der Waals surface area contributed by atoms with Crippen LogP contribution in [-0.4, -0.2) is 26.1 Å². The lowest BCUT2D eigenvalue weighted by molar-refractivity contribution is -0.120. The van der Waals surface area contributed by atoms with Gasteiger partial charge in [0.1, 0.15) is 5.75 Å². The Kier molecular flexibility index (Phi) is 4.82. The van der Waals surface area contributed by atoms with Crippen LogP contribution in [0.4, 0.5) is 5.69 Å². The summed E-state index contributed by atoms with van der Waals surface area (Å²) in [6.45, 7) is 3.79. The van der Waals surface area contributed by atoms with Gasteiger partial charge in [0.25, 0.3) is 0 Å². The standard InChI is InChI=1S/C14H19BrN2O2/c1-9-7-11(15)8-12(19-2)13(9)17-14(18)10-3-5-16-6-4-10/h7-8,10,16H,3-6H2,1-2H3,(H,17,18). The summed E-state index contributed by atoms with van der Waals surface area (Å²) < 4.78 is 6.28. The van der Waals surface area contributed by atoms with Crippen molar-refractivity contribution in [2.45, 2.75) is 19.8 Å². The molecule has 0 saturated carbocycles. The number of aryl methyl sites for hydroxylation is 1. The lowest BCUT2D eigenvalue weighted by atomic mass is 9.97. The summed E-state index contributed by atoms with van der Waals surface area (Å²) in [5.41, 5.74) is 1.77. The van der Waals surface area contributed by atoms with Gasteiger partial charge in [-0.3, -0.25) is 4.79 Å². The second kappa shape index (κ2) is 6.39. The highest BCUT2D eigenvalue weighted by Gasteiger charge is 2.22. The number of halogens is 1. The minimum Gasteiger partial charge on any atom is -0.495 e. The van der Waals surface area contributed by atoms with E-state index in [1.807, 2.05) is 19.1 Å². The minimum atomic E-state index is 0.0882. The van der Waals surface area contributed by atoms with Gasteiger partial charge < -0.3 is 15.4 Å². The molecule has 0 aromatic heterocycles. The highest BCUT2D eigenvalue weighted by Crippen LogP contribution is 2.32. The van der Waals surface area contributed by atoms with Gasteiger partial charge in [-0.15, -0.1) is 0 Å². The Morgan fingerprint density at radius 1 is 1.42 bits per heavy atom. The van der Waals surface area contributed by atoms with Gasteiger partial charge in [0, 0.05) is 10.4 Å². The van der Waals surface area contributed by atoms with E-state index in [0.29, 0.717) is 5.75 Å². The van der Waals surface area contributed by atoms with E-state index in [1.165, 1.54) is 0 Å². The molecule has 104 valence electrons. The smallest absolute Gasteiger partial charge is 0.227 e. The molecule has 0 radical (unpaired) electrons. The predicted octanol–water partition coefficient (Wildman–Crippen LogP) is 2.70. The zero-order valence-corrected chi connectivity index (χ0v) is 12.8. The lowest BCUT2D eigenvalue weighted by Gasteiger charge is -2.23.